The fraction of sp³-hybridized carbons (Fsp3) is 0.261. The van der Waals surface area contributed by atoms with E-state index in [0.29, 0.717) is 12.2 Å². The lowest BCUT2D eigenvalue weighted by Gasteiger charge is -2.20. The summed E-state index contributed by atoms with van der Waals surface area (Å²) >= 11 is 0. The molecule has 4 rings (SSSR count). The molecule has 3 heterocycles. The molecule has 0 spiro atoms. The van der Waals surface area contributed by atoms with Gasteiger partial charge in [-0.15, -0.1) is 0 Å². The summed E-state index contributed by atoms with van der Waals surface area (Å²) in [7, 11) is 3.86. The van der Waals surface area contributed by atoms with Crippen LogP contribution in [0, 0.1) is 13.8 Å². The highest BCUT2D eigenvalue weighted by Gasteiger charge is 2.22. The maximum absolute atomic E-state index is 13.0. The molecule has 0 unspecified atom stereocenters. The average molecular weight is 416 g/mol. The molecule has 158 valence electrons. The maximum atomic E-state index is 13.0. The van der Waals surface area contributed by atoms with Gasteiger partial charge in [-0.1, -0.05) is 18.2 Å². The van der Waals surface area contributed by atoms with Crippen molar-refractivity contribution in [1.82, 2.24) is 30.2 Å². The minimum atomic E-state index is -0.366. The molecule has 0 fully saturated rings. The van der Waals surface area contributed by atoms with Crippen molar-refractivity contribution in [3.63, 3.8) is 0 Å². The molecule has 0 radical (unpaired) electrons. The number of aromatic amines is 1. The number of para-hydroxylation sites is 1. The smallest absolute Gasteiger partial charge is 0.272 e. The molecule has 8 nitrogen and oxygen atoms in total. The van der Waals surface area contributed by atoms with Crippen LogP contribution in [-0.2, 0) is 6.42 Å². The number of H-pyrrole nitrogens is 1. The topological polar surface area (TPSA) is 99.7 Å². The summed E-state index contributed by atoms with van der Waals surface area (Å²) in [6.07, 6.45) is 5.63. The van der Waals surface area contributed by atoms with E-state index in [4.69, 9.17) is 0 Å². The van der Waals surface area contributed by atoms with Crippen molar-refractivity contribution in [2.75, 3.05) is 19.0 Å². The number of nitrogens with one attached hydrogen (secondary N) is 2. The Bertz CT molecular complexity index is 1210. The number of nitrogens with zero attached hydrogens (tertiary/aromatic N) is 5. The van der Waals surface area contributed by atoms with Crippen molar-refractivity contribution >= 4 is 22.6 Å². The number of carbonyl (C=O) groups excluding carboxylic acids is 1. The second kappa shape index (κ2) is 8.51. The van der Waals surface area contributed by atoms with Gasteiger partial charge in [0.2, 0.25) is 0 Å². The van der Waals surface area contributed by atoms with E-state index in [0.717, 1.165) is 33.7 Å². The van der Waals surface area contributed by atoms with Crippen LogP contribution in [-0.4, -0.2) is 44.9 Å². The van der Waals surface area contributed by atoms with Crippen molar-refractivity contribution < 1.29 is 4.79 Å². The summed E-state index contributed by atoms with van der Waals surface area (Å²) in [6, 6.07) is 9.65. The van der Waals surface area contributed by atoms with Crippen LogP contribution >= 0.6 is 0 Å². The number of rotatable bonds is 6. The molecule has 0 aliphatic carbocycles. The van der Waals surface area contributed by atoms with Gasteiger partial charge >= 0.3 is 0 Å². The Balaban J connectivity index is 1.71. The molecule has 0 aliphatic heterocycles. The Morgan fingerprint density at radius 2 is 1.94 bits per heavy atom. The van der Waals surface area contributed by atoms with E-state index < -0.39 is 0 Å². The molecule has 31 heavy (non-hydrogen) atoms. The molecule has 0 bridgehead atoms. The number of hydrogen-bond acceptors (Lipinski definition) is 6. The molecular weight excluding hydrogens is 390 g/mol. The zero-order chi connectivity index (χ0) is 22.0. The number of carbonyl (C=O) groups is 1. The van der Waals surface area contributed by atoms with Crippen molar-refractivity contribution in [1.29, 1.82) is 0 Å². The third kappa shape index (κ3) is 4.53. The quantitative estimate of drug-likeness (QED) is 0.502. The second-order valence-electron chi connectivity index (χ2n) is 7.73. The van der Waals surface area contributed by atoms with Gasteiger partial charge in [-0.3, -0.25) is 9.78 Å². The van der Waals surface area contributed by atoms with Gasteiger partial charge in [-0.2, -0.15) is 0 Å². The van der Waals surface area contributed by atoms with Crippen molar-refractivity contribution in [2.45, 2.75) is 26.3 Å². The molecule has 8 heteroatoms. The van der Waals surface area contributed by atoms with E-state index in [2.05, 4.69) is 36.3 Å². The molecule has 1 amide bonds. The van der Waals surface area contributed by atoms with Gasteiger partial charge in [0.05, 0.1) is 23.6 Å². The lowest BCUT2D eigenvalue weighted by molar-refractivity contribution is 0.0930. The molecule has 1 aromatic carbocycles. The Hall–Kier alpha value is -3.81. The van der Waals surface area contributed by atoms with Gasteiger partial charge in [0.25, 0.3) is 5.91 Å². The summed E-state index contributed by atoms with van der Waals surface area (Å²) < 4.78 is 0. The van der Waals surface area contributed by atoms with E-state index in [1.807, 2.05) is 63.3 Å². The summed E-state index contributed by atoms with van der Waals surface area (Å²) in [6.45, 7) is 3.69. The van der Waals surface area contributed by atoms with Crippen molar-refractivity contribution in [2.24, 2.45) is 0 Å². The van der Waals surface area contributed by atoms with Crippen LogP contribution in [0.1, 0.15) is 39.3 Å². The number of benzene rings is 1. The first-order valence-electron chi connectivity index (χ1n) is 10.1. The zero-order valence-electron chi connectivity index (χ0n) is 18.0. The Morgan fingerprint density at radius 1 is 1.13 bits per heavy atom. The molecule has 0 aliphatic rings. The highest BCUT2D eigenvalue weighted by atomic mass is 16.1. The van der Waals surface area contributed by atoms with Crippen LogP contribution in [0.4, 0.5) is 5.82 Å². The van der Waals surface area contributed by atoms with Crippen molar-refractivity contribution in [3.05, 3.63) is 77.4 Å². The minimum Gasteiger partial charge on any atom is -0.363 e. The lowest BCUT2D eigenvalue weighted by Crippen LogP contribution is -2.31. The number of aromatic nitrogens is 5. The van der Waals surface area contributed by atoms with Crippen molar-refractivity contribution in [3.8, 4) is 0 Å². The first-order valence-corrected chi connectivity index (χ1v) is 10.1. The van der Waals surface area contributed by atoms with Crippen LogP contribution in [0.15, 0.2) is 48.9 Å². The Labute approximate surface area is 180 Å². The average Bonchev–Trinajstić information content (AvgIpc) is 3.16. The largest absolute Gasteiger partial charge is 0.363 e. The highest BCUT2D eigenvalue weighted by Crippen LogP contribution is 2.25. The fourth-order valence-electron chi connectivity index (χ4n) is 3.47. The van der Waals surface area contributed by atoms with Gasteiger partial charge in [0, 0.05) is 49.9 Å². The van der Waals surface area contributed by atoms with Gasteiger partial charge in [-0.05, 0) is 25.5 Å². The van der Waals surface area contributed by atoms with E-state index in [9.17, 15) is 4.79 Å². The molecule has 2 N–H and O–H groups in total. The molecule has 0 saturated heterocycles. The van der Waals surface area contributed by atoms with E-state index in [-0.39, 0.29) is 17.6 Å². The normalized spacial score (nSPS) is 12.0. The number of anilines is 1. The minimum absolute atomic E-state index is 0.271. The molecular formula is C23H25N7O. The number of aryl methyl sites for hydroxylation is 2. The number of amides is 1. The highest BCUT2D eigenvalue weighted by molar-refractivity contribution is 5.92. The summed E-state index contributed by atoms with van der Waals surface area (Å²) in [5.41, 5.74) is 3.93. The SMILES string of the molecule is Cc1cnc(C(=O)N[C@H](Cc2c[nH]c3ccccc23)c2cc(N(C)C)nc(C)n2)cn1. The first kappa shape index (κ1) is 20.5. The summed E-state index contributed by atoms with van der Waals surface area (Å²) in [5.74, 6) is 1.14. The third-order valence-electron chi connectivity index (χ3n) is 5.08. The Kier molecular flexibility index (Phi) is 5.62. The number of hydrogen-bond donors (Lipinski definition) is 2. The first-order chi connectivity index (χ1) is 14.9. The maximum Gasteiger partial charge on any atom is 0.272 e. The third-order valence-corrected chi connectivity index (χ3v) is 5.08. The van der Waals surface area contributed by atoms with Gasteiger partial charge < -0.3 is 15.2 Å². The molecule has 4 aromatic rings. The molecule has 0 saturated carbocycles. The van der Waals surface area contributed by atoms with Gasteiger partial charge in [-0.25, -0.2) is 15.0 Å². The van der Waals surface area contributed by atoms with E-state index in [1.165, 1.54) is 6.20 Å². The standard InChI is InChI=1S/C23H25N7O/c1-14-11-25-21(13-24-14)23(31)29-19(20-10-22(30(3)4)28-15(2)27-20)9-16-12-26-18-8-6-5-7-17(16)18/h5-8,10-13,19,26H,9H2,1-4H3,(H,29,31)/t19-/m1/s1. The van der Waals surface area contributed by atoms with Crippen LogP contribution in [0.5, 0.6) is 0 Å². The molecule has 3 aromatic heterocycles. The lowest BCUT2D eigenvalue weighted by atomic mass is 10.0. The van der Waals surface area contributed by atoms with Crippen LogP contribution in [0.2, 0.25) is 0 Å². The Morgan fingerprint density at radius 3 is 2.68 bits per heavy atom. The second-order valence-corrected chi connectivity index (χ2v) is 7.73. The van der Waals surface area contributed by atoms with Crippen LogP contribution in [0.25, 0.3) is 10.9 Å². The zero-order valence-corrected chi connectivity index (χ0v) is 18.0. The fourth-order valence-corrected chi connectivity index (χ4v) is 3.47. The van der Waals surface area contributed by atoms with Crippen LogP contribution < -0.4 is 10.2 Å². The van der Waals surface area contributed by atoms with E-state index >= 15 is 0 Å². The predicted molar refractivity (Wildman–Crippen MR) is 120 cm³/mol. The van der Waals surface area contributed by atoms with Gasteiger partial charge in [0.15, 0.2) is 0 Å². The molecule has 1 atom stereocenters. The predicted octanol–water partition coefficient (Wildman–Crippen LogP) is 3.14. The number of fused-ring (bicyclic) bond motifs is 1. The summed E-state index contributed by atoms with van der Waals surface area (Å²) in [5, 5.41) is 4.22. The monoisotopic (exact) mass is 415 g/mol. The van der Waals surface area contributed by atoms with Crippen LogP contribution in [0.3, 0.4) is 0 Å². The summed E-state index contributed by atoms with van der Waals surface area (Å²) in [4.78, 5) is 35.7. The van der Waals surface area contributed by atoms with E-state index in [1.54, 1.807) is 6.20 Å². The van der Waals surface area contributed by atoms with Gasteiger partial charge in [0.1, 0.15) is 17.3 Å².